The van der Waals surface area contributed by atoms with E-state index in [1.54, 1.807) is 0 Å². The molecular weight excluding hydrogens is 538 g/mol. The van der Waals surface area contributed by atoms with Gasteiger partial charge in [-0.05, 0) is 56.3 Å². The van der Waals surface area contributed by atoms with Crippen LogP contribution in [-0.2, 0) is 33.3 Å². The molecule has 2 bridgehead atoms. The maximum absolute atomic E-state index is 14.7. The predicted molar refractivity (Wildman–Crippen MR) is 159 cm³/mol. The third-order valence-corrected chi connectivity index (χ3v) is 11.3. The Morgan fingerprint density at radius 2 is 1.69 bits per heavy atom. The van der Waals surface area contributed by atoms with Crippen LogP contribution in [0, 0.1) is 40.4 Å². The molecule has 4 rings (SSSR count). The molecule has 6 unspecified atom stereocenters. The highest BCUT2D eigenvalue weighted by Crippen LogP contribution is 2.67. The highest BCUT2D eigenvalue weighted by molar-refractivity contribution is 5.91. The van der Waals surface area contributed by atoms with Crippen molar-refractivity contribution in [2.75, 3.05) is 27.8 Å². The number of hydrogen-bond donors (Lipinski definition) is 2. The van der Waals surface area contributed by atoms with Crippen molar-refractivity contribution in [3.63, 3.8) is 0 Å². The van der Waals surface area contributed by atoms with Gasteiger partial charge in [0.15, 0.2) is 11.7 Å². The van der Waals surface area contributed by atoms with Crippen LogP contribution in [0.1, 0.15) is 82.1 Å². The Labute approximate surface area is 252 Å². The summed E-state index contributed by atoms with van der Waals surface area (Å²) in [5, 5.41) is 15.6. The number of methoxy groups -OCH3 is 1. The molecule has 42 heavy (non-hydrogen) atoms. The standard InChI is InChI=1S/C31H48O8.C2H7N/c1-15(2)24(36-11)27(34)38-21-13-31(35)19(6)25-29(10,26(33)18(5)23(17(21)4)28(31,8)9)16(3)12-22-30(25,14-37-22)39-20(7)32;1-3-2/h15-16,18-19,21-22,24-25,35H,12-14H2,1-11H3;3H,1-2H3/t16-,18+,19-,21?,22?,24?,25?,29+,30?,31?;/m0./s1. The molecule has 0 spiro atoms. The van der Waals surface area contributed by atoms with Crippen LogP contribution in [0.15, 0.2) is 11.1 Å². The number of carbonyl (C=O) groups excluding carboxylic acids is 3. The van der Waals surface area contributed by atoms with Crippen molar-refractivity contribution in [2.24, 2.45) is 40.4 Å². The molecule has 0 aromatic heterocycles. The average Bonchev–Trinajstić information content (AvgIpc) is 2.87. The van der Waals surface area contributed by atoms with E-state index in [-0.39, 0.29) is 36.8 Å². The quantitative estimate of drug-likeness (QED) is 0.359. The first-order valence-electron chi connectivity index (χ1n) is 15.4. The number of fused-ring (bicyclic) bond motifs is 5. The van der Waals surface area contributed by atoms with Crippen LogP contribution < -0.4 is 5.32 Å². The van der Waals surface area contributed by atoms with Crippen molar-refractivity contribution in [1.29, 1.82) is 0 Å². The molecule has 240 valence electrons. The molecule has 3 aliphatic carbocycles. The molecule has 4 aliphatic rings. The van der Waals surface area contributed by atoms with E-state index in [2.05, 4.69) is 12.2 Å². The second-order valence-corrected chi connectivity index (χ2v) is 14.3. The van der Waals surface area contributed by atoms with Crippen LogP contribution in [0.5, 0.6) is 0 Å². The molecule has 2 saturated carbocycles. The molecule has 1 saturated heterocycles. The number of aliphatic hydroxyl groups is 1. The van der Waals surface area contributed by atoms with E-state index < -0.39 is 63.9 Å². The number of hydrogen-bond acceptors (Lipinski definition) is 9. The van der Waals surface area contributed by atoms with Crippen molar-refractivity contribution in [3.8, 4) is 0 Å². The molecular formula is C33H55NO8. The lowest BCUT2D eigenvalue weighted by atomic mass is 9.40. The van der Waals surface area contributed by atoms with Crippen LogP contribution in [0.4, 0.5) is 0 Å². The van der Waals surface area contributed by atoms with Crippen molar-refractivity contribution >= 4 is 17.7 Å². The average molecular weight is 594 g/mol. The lowest BCUT2D eigenvalue weighted by Crippen LogP contribution is -2.78. The van der Waals surface area contributed by atoms with Gasteiger partial charge in [-0.1, -0.05) is 55.4 Å². The molecule has 0 aromatic rings. The topological polar surface area (TPSA) is 120 Å². The smallest absolute Gasteiger partial charge is 0.336 e. The highest BCUT2D eigenvalue weighted by Gasteiger charge is 2.74. The molecule has 0 amide bonds. The molecule has 2 N–H and O–H groups in total. The molecule has 9 heteroatoms. The predicted octanol–water partition coefficient (Wildman–Crippen LogP) is 4.10. The number of esters is 2. The van der Waals surface area contributed by atoms with Crippen LogP contribution in [-0.4, -0.2) is 80.2 Å². The van der Waals surface area contributed by atoms with E-state index in [4.69, 9.17) is 18.9 Å². The zero-order chi connectivity index (χ0) is 32.2. The minimum Gasteiger partial charge on any atom is -0.456 e. The second-order valence-electron chi connectivity index (χ2n) is 14.3. The number of ether oxygens (including phenoxy) is 4. The Bertz CT molecular complexity index is 1100. The zero-order valence-corrected chi connectivity index (χ0v) is 28.0. The van der Waals surface area contributed by atoms with Gasteiger partial charge < -0.3 is 29.4 Å². The maximum Gasteiger partial charge on any atom is 0.336 e. The van der Waals surface area contributed by atoms with Crippen molar-refractivity contribution in [2.45, 2.75) is 112 Å². The summed E-state index contributed by atoms with van der Waals surface area (Å²) in [7, 11) is 5.23. The number of Topliss-reactive ketones (excluding diaryl/α,β-unsaturated/α-hetero) is 1. The molecule has 10 atom stereocenters. The Hall–Kier alpha value is -1.81. The van der Waals surface area contributed by atoms with Crippen LogP contribution in [0.3, 0.4) is 0 Å². The summed E-state index contributed by atoms with van der Waals surface area (Å²) in [5.41, 5.74) is -2.43. The fourth-order valence-corrected chi connectivity index (χ4v) is 9.15. The van der Waals surface area contributed by atoms with E-state index in [0.717, 1.165) is 11.1 Å². The van der Waals surface area contributed by atoms with Gasteiger partial charge in [0.1, 0.15) is 18.0 Å². The minimum atomic E-state index is -1.38. The van der Waals surface area contributed by atoms with Gasteiger partial charge in [0.25, 0.3) is 0 Å². The minimum absolute atomic E-state index is 0.0533. The van der Waals surface area contributed by atoms with Gasteiger partial charge in [-0.2, -0.15) is 0 Å². The third-order valence-electron chi connectivity index (χ3n) is 11.3. The number of ketones is 1. The van der Waals surface area contributed by atoms with E-state index in [1.807, 2.05) is 69.5 Å². The Morgan fingerprint density at radius 1 is 1.12 bits per heavy atom. The van der Waals surface area contributed by atoms with Gasteiger partial charge in [-0.15, -0.1) is 0 Å². The van der Waals surface area contributed by atoms with Crippen molar-refractivity contribution < 1.29 is 38.4 Å². The van der Waals surface area contributed by atoms with Crippen LogP contribution in [0.2, 0.25) is 0 Å². The summed E-state index contributed by atoms with van der Waals surface area (Å²) in [6.45, 7) is 19.2. The Kier molecular flexibility index (Phi) is 9.86. The third kappa shape index (κ3) is 4.96. The normalized spacial score (nSPS) is 41.2. The largest absolute Gasteiger partial charge is 0.456 e. The molecule has 1 aliphatic heterocycles. The summed E-state index contributed by atoms with van der Waals surface area (Å²) < 4.78 is 23.6. The van der Waals surface area contributed by atoms with Gasteiger partial charge in [0.2, 0.25) is 0 Å². The summed E-state index contributed by atoms with van der Waals surface area (Å²) in [4.78, 5) is 40.3. The molecule has 0 aromatic carbocycles. The van der Waals surface area contributed by atoms with E-state index in [9.17, 15) is 19.5 Å². The van der Waals surface area contributed by atoms with Gasteiger partial charge >= 0.3 is 11.9 Å². The van der Waals surface area contributed by atoms with Gasteiger partial charge in [-0.3, -0.25) is 9.59 Å². The van der Waals surface area contributed by atoms with Crippen molar-refractivity contribution in [1.82, 2.24) is 5.32 Å². The second kappa shape index (κ2) is 11.9. The van der Waals surface area contributed by atoms with Crippen LogP contribution >= 0.6 is 0 Å². The van der Waals surface area contributed by atoms with Gasteiger partial charge in [-0.25, -0.2) is 4.79 Å². The van der Waals surface area contributed by atoms with Crippen LogP contribution in [0.25, 0.3) is 0 Å². The summed E-state index contributed by atoms with van der Waals surface area (Å²) in [6, 6.07) is 0. The summed E-state index contributed by atoms with van der Waals surface area (Å²) in [5.74, 6) is -2.50. The monoisotopic (exact) mass is 593 g/mol. The maximum atomic E-state index is 14.7. The van der Waals surface area contributed by atoms with E-state index >= 15 is 0 Å². The molecule has 0 radical (unpaired) electrons. The Balaban J connectivity index is 0.00000155. The fourth-order valence-electron chi connectivity index (χ4n) is 9.15. The van der Waals surface area contributed by atoms with Gasteiger partial charge in [0, 0.05) is 43.1 Å². The summed E-state index contributed by atoms with van der Waals surface area (Å²) >= 11 is 0. The van der Waals surface area contributed by atoms with Crippen molar-refractivity contribution in [3.05, 3.63) is 11.1 Å². The summed E-state index contributed by atoms with van der Waals surface area (Å²) in [6.07, 6.45) is -1.03. The number of rotatable bonds is 5. The first-order valence-corrected chi connectivity index (χ1v) is 15.4. The lowest BCUT2D eigenvalue weighted by molar-refractivity contribution is -0.332. The van der Waals surface area contributed by atoms with E-state index in [1.165, 1.54) is 14.0 Å². The first kappa shape index (κ1) is 34.7. The lowest BCUT2D eigenvalue weighted by Gasteiger charge is -2.68. The number of carbonyl (C=O) groups is 3. The highest BCUT2D eigenvalue weighted by atomic mass is 16.6. The number of nitrogens with one attached hydrogen (secondary N) is 1. The first-order chi connectivity index (χ1) is 19.3. The van der Waals surface area contributed by atoms with E-state index in [0.29, 0.717) is 6.42 Å². The SMILES string of the molecule is CNC.COC(C(=O)OC1CC2(O)[C@@H](C)C3C4(OC(C)=O)COC4C[C@H](C)[C@@]3(C)C(=O)[C@H](C)C(=C1C)C2(C)C)C(C)C. The zero-order valence-electron chi connectivity index (χ0n) is 28.0. The molecule has 3 fully saturated rings. The molecule has 1 heterocycles. The fraction of sp³-hybridized carbons (Fsp3) is 0.848. The molecule has 9 nitrogen and oxygen atoms in total. The Morgan fingerprint density at radius 3 is 2.14 bits per heavy atom. The van der Waals surface area contributed by atoms with Gasteiger partial charge in [0.05, 0.1) is 12.2 Å².